The lowest BCUT2D eigenvalue weighted by molar-refractivity contribution is 0.0252. The molecule has 0 N–H and O–H groups in total. The number of hydrogen-bond acceptors (Lipinski definition) is 7. The van der Waals surface area contributed by atoms with Gasteiger partial charge >= 0.3 is 0 Å². The highest BCUT2D eigenvalue weighted by atomic mass is 32.2. The molecule has 0 aliphatic heterocycles. The fourth-order valence-corrected chi connectivity index (χ4v) is 1.75. The number of ether oxygens (including phenoxy) is 1. The molecule has 0 aromatic carbocycles. The third kappa shape index (κ3) is 12.0. The second kappa shape index (κ2) is 7.85. The third-order valence-electron chi connectivity index (χ3n) is 1.66. The van der Waals surface area contributed by atoms with Crippen molar-refractivity contribution in [2.45, 2.75) is 12.5 Å². The molecule has 9 heteroatoms. The first-order valence-corrected chi connectivity index (χ1v) is 8.68. The van der Waals surface area contributed by atoms with Gasteiger partial charge in [0.15, 0.2) is 0 Å². The van der Waals surface area contributed by atoms with Crippen molar-refractivity contribution < 1.29 is 29.9 Å². The summed E-state index contributed by atoms with van der Waals surface area (Å²) in [5, 5.41) is 0. The highest BCUT2D eigenvalue weighted by Crippen LogP contribution is 2.04. The minimum atomic E-state index is -3.56. The van der Waals surface area contributed by atoms with Crippen LogP contribution < -0.4 is 0 Å². The highest BCUT2D eigenvalue weighted by molar-refractivity contribution is 7.86. The fourth-order valence-electron chi connectivity index (χ4n) is 0.949. The molecular weight excluding hydrogens is 284 g/mol. The molecule has 0 unspecified atom stereocenters. The minimum absolute atomic E-state index is 0.103. The third-order valence-corrected chi connectivity index (χ3v) is 2.81. The van der Waals surface area contributed by atoms with Crippen LogP contribution >= 0.6 is 0 Å². The average molecular weight is 302 g/mol. The molecule has 18 heavy (non-hydrogen) atoms. The molecule has 0 aliphatic rings. The summed E-state index contributed by atoms with van der Waals surface area (Å²) >= 11 is 0. The van der Waals surface area contributed by atoms with Crippen LogP contribution in [0.4, 0.5) is 0 Å². The summed E-state index contributed by atoms with van der Waals surface area (Å²) in [4.78, 5) is 0. The predicted octanol–water partition coefficient (Wildman–Crippen LogP) is -0.0999. The van der Waals surface area contributed by atoms with Crippen LogP contribution in [-0.2, 0) is 33.3 Å². The fraction of sp³-hybridized carbons (Fsp3) is 0.778. The lowest BCUT2D eigenvalue weighted by atomic mass is 10.3. The zero-order valence-corrected chi connectivity index (χ0v) is 12.0. The SMILES string of the molecule is C=CCO[C@@H](CCOS(C)(=O)=O)COS(C)(=O)=O. The van der Waals surface area contributed by atoms with Crippen molar-refractivity contribution in [1.82, 2.24) is 0 Å². The lowest BCUT2D eigenvalue weighted by Crippen LogP contribution is -2.24. The van der Waals surface area contributed by atoms with Crippen LogP contribution in [0.2, 0.25) is 0 Å². The average Bonchev–Trinajstić information content (AvgIpc) is 2.18. The van der Waals surface area contributed by atoms with E-state index in [-0.39, 0.29) is 26.2 Å². The summed E-state index contributed by atoms with van der Waals surface area (Å²) in [5.74, 6) is 0. The van der Waals surface area contributed by atoms with E-state index in [0.717, 1.165) is 12.5 Å². The van der Waals surface area contributed by atoms with Crippen molar-refractivity contribution in [3.63, 3.8) is 0 Å². The topological polar surface area (TPSA) is 96.0 Å². The molecule has 108 valence electrons. The van der Waals surface area contributed by atoms with Gasteiger partial charge in [0, 0.05) is 6.42 Å². The lowest BCUT2D eigenvalue weighted by Gasteiger charge is -2.16. The first kappa shape index (κ1) is 17.5. The van der Waals surface area contributed by atoms with Crippen LogP contribution in [-0.4, -0.2) is 55.3 Å². The Hall–Kier alpha value is -0.480. The molecular formula is C9H18O7S2. The van der Waals surface area contributed by atoms with Crippen LogP contribution in [0.3, 0.4) is 0 Å². The van der Waals surface area contributed by atoms with Gasteiger partial charge in [-0.3, -0.25) is 8.37 Å². The van der Waals surface area contributed by atoms with Crippen LogP contribution in [0, 0.1) is 0 Å². The van der Waals surface area contributed by atoms with E-state index in [1.54, 1.807) is 0 Å². The Morgan fingerprint density at radius 1 is 1.11 bits per heavy atom. The predicted molar refractivity (Wildman–Crippen MR) is 66.1 cm³/mol. The second-order valence-electron chi connectivity index (χ2n) is 3.55. The maximum atomic E-state index is 10.8. The van der Waals surface area contributed by atoms with E-state index >= 15 is 0 Å². The maximum Gasteiger partial charge on any atom is 0.264 e. The summed E-state index contributed by atoms with van der Waals surface area (Å²) < 4.78 is 57.4. The standard InChI is InChI=1S/C9H18O7S2/c1-4-6-14-9(8-16-18(3,12)13)5-7-15-17(2,10)11/h4,9H,1,5-8H2,2-3H3/t9-/m0/s1. The molecule has 0 radical (unpaired) electrons. The van der Waals surface area contributed by atoms with Gasteiger partial charge in [-0.05, 0) is 0 Å². The molecule has 0 heterocycles. The Morgan fingerprint density at radius 3 is 2.11 bits per heavy atom. The van der Waals surface area contributed by atoms with Crippen molar-refractivity contribution >= 4 is 20.2 Å². The van der Waals surface area contributed by atoms with Gasteiger partial charge in [-0.25, -0.2) is 0 Å². The quantitative estimate of drug-likeness (QED) is 0.410. The molecule has 0 amide bonds. The molecule has 0 rings (SSSR count). The zero-order valence-electron chi connectivity index (χ0n) is 10.4. The van der Waals surface area contributed by atoms with Gasteiger partial charge in [0.1, 0.15) is 0 Å². The molecule has 0 saturated heterocycles. The molecule has 0 aliphatic carbocycles. The van der Waals surface area contributed by atoms with Gasteiger partial charge < -0.3 is 4.74 Å². The van der Waals surface area contributed by atoms with Gasteiger partial charge in [0.2, 0.25) is 0 Å². The smallest absolute Gasteiger partial charge is 0.264 e. The molecule has 0 saturated carbocycles. The first-order chi connectivity index (χ1) is 8.14. The van der Waals surface area contributed by atoms with E-state index < -0.39 is 26.3 Å². The van der Waals surface area contributed by atoms with Crippen molar-refractivity contribution in [3.8, 4) is 0 Å². The molecule has 0 bridgehead atoms. The first-order valence-electron chi connectivity index (χ1n) is 5.05. The summed E-state index contributed by atoms with van der Waals surface area (Å²) in [6.07, 6.45) is 2.95. The van der Waals surface area contributed by atoms with Gasteiger partial charge in [0.25, 0.3) is 20.2 Å². The zero-order chi connectivity index (χ0) is 14.2. The molecule has 1 atom stereocenters. The largest absolute Gasteiger partial charge is 0.372 e. The van der Waals surface area contributed by atoms with E-state index in [9.17, 15) is 16.8 Å². The van der Waals surface area contributed by atoms with Crippen LogP contribution in [0.25, 0.3) is 0 Å². The normalized spacial score (nSPS) is 14.3. The molecule has 7 nitrogen and oxygen atoms in total. The summed E-state index contributed by atoms with van der Waals surface area (Å²) in [6, 6.07) is 0. The van der Waals surface area contributed by atoms with Crippen molar-refractivity contribution in [2.75, 3.05) is 32.3 Å². The van der Waals surface area contributed by atoms with Gasteiger partial charge in [-0.2, -0.15) is 16.8 Å². The second-order valence-corrected chi connectivity index (χ2v) is 6.84. The van der Waals surface area contributed by atoms with Crippen molar-refractivity contribution in [2.24, 2.45) is 0 Å². The molecule has 0 fully saturated rings. The van der Waals surface area contributed by atoms with Gasteiger partial charge in [-0.15, -0.1) is 6.58 Å². The van der Waals surface area contributed by atoms with Crippen molar-refractivity contribution in [3.05, 3.63) is 12.7 Å². The Labute approximate surface area is 108 Å². The maximum absolute atomic E-state index is 10.8. The van der Waals surface area contributed by atoms with Crippen LogP contribution in [0.5, 0.6) is 0 Å². The minimum Gasteiger partial charge on any atom is -0.372 e. The number of hydrogen-bond donors (Lipinski definition) is 0. The van der Waals surface area contributed by atoms with E-state index in [1.165, 1.54) is 6.08 Å². The highest BCUT2D eigenvalue weighted by Gasteiger charge is 2.14. The van der Waals surface area contributed by atoms with E-state index in [1.807, 2.05) is 0 Å². The van der Waals surface area contributed by atoms with Gasteiger partial charge in [0.05, 0.1) is 38.4 Å². The Morgan fingerprint density at radius 2 is 1.67 bits per heavy atom. The molecule has 0 spiro atoms. The monoisotopic (exact) mass is 302 g/mol. The summed E-state index contributed by atoms with van der Waals surface area (Å²) in [6.45, 7) is 3.36. The van der Waals surface area contributed by atoms with Crippen LogP contribution in [0.1, 0.15) is 6.42 Å². The molecule has 0 aromatic heterocycles. The van der Waals surface area contributed by atoms with Crippen LogP contribution in [0.15, 0.2) is 12.7 Å². The summed E-state index contributed by atoms with van der Waals surface area (Å²) in [7, 11) is -7.08. The summed E-state index contributed by atoms with van der Waals surface area (Å²) in [5.41, 5.74) is 0. The van der Waals surface area contributed by atoms with Gasteiger partial charge in [-0.1, -0.05) is 6.08 Å². The van der Waals surface area contributed by atoms with Crippen molar-refractivity contribution in [1.29, 1.82) is 0 Å². The Balaban J connectivity index is 4.18. The van der Waals surface area contributed by atoms with E-state index in [0.29, 0.717) is 0 Å². The Bertz CT molecular complexity index is 438. The molecule has 0 aromatic rings. The van der Waals surface area contributed by atoms with E-state index in [2.05, 4.69) is 14.9 Å². The Kier molecular flexibility index (Phi) is 7.64. The van der Waals surface area contributed by atoms with E-state index in [4.69, 9.17) is 4.74 Å². The number of rotatable bonds is 10.